The minimum atomic E-state index is -0.250. The SMILES string of the molecule is CCCN(Cc1nc2cc(Cl)ccc2c(=O)[nH]1)C(=O)c1ccc(-n2nc(C)cc2C)cc1. The van der Waals surface area contributed by atoms with Gasteiger partial charge in [-0.1, -0.05) is 18.5 Å². The van der Waals surface area contributed by atoms with Gasteiger partial charge in [0.25, 0.3) is 11.5 Å². The smallest absolute Gasteiger partial charge is 0.258 e. The molecular weight excluding hydrogens is 426 g/mol. The normalized spacial score (nSPS) is 11.1. The number of rotatable bonds is 6. The van der Waals surface area contributed by atoms with E-state index >= 15 is 0 Å². The standard InChI is InChI=1S/C24H24ClN5O2/c1-4-11-29(14-22-26-21-13-18(25)7-10-20(21)23(31)27-22)24(32)17-5-8-19(9-6-17)30-16(3)12-15(2)28-30/h5-10,12-13H,4,11,14H2,1-3H3,(H,26,27,31). The maximum Gasteiger partial charge on any atom is 0.258 e. The van der Waals surface area contributed by atoms with Crippen molar-refractivity contribution < 1.29 is 4.79 Å². The number of nitrogens with zero attached hydrogens (tertiary/aromatic N) is 4. The van der Waals surface area contributed by atoms with E-state index in [-0.39, 0.29) is 18.0 Å². The van der Waals surface area contributed by atoms with Crippen LogP contribution in [0.25, 0.3) is 16.6 Å². The van der Waals surface area contributed by atoms with Crippen molar-refractivity contribution in [2.24, 2.45) is 0 Å². The minimum Gasteiger partial charge on any atom is -0.331 e. The van der Waals surface area contributed by atoms with Crippen molar-refractivity contribution in [3.05, 3.63) is 86.7 Å². The molecule has 0 saturated heterocycles. The molecule has 7 nitrogen and oxygen atoms in total. The van der Waals surface area contributed by atoms with Crippen LogP contribution in [0.1, 0.15) is 40.9 Å². The Morgan fingerprint density at radius 2 is 1.88 bits per heavy atom. The van der Waals surface area contributed by atoms with Crippen LogP contribution in [0.3, 0.4) is 0 Å². The molecule has 2 heterocycles. The van der Waals surface area contributed by atoms with E-state index in [0.29, 0.717) is 33.9 Å². The van der Waals surface area contributed by atoms with Crippen LogP contribution >= 0.6 is 11.6 Å². The molecule has 4 rings (SSSR count). The second kappa shape index (κ2) is 8.96. The fourth-order valence-corrected chi connectivity index (χ4v) is 3.92. The Balaban J connectivity index is 1.60. The van der Waals surface area contributed by atoms with Gasteiger partial charge in [-0.05, 0) is 68.8 Å². The van der Waals surface area contributed by atoms with Gasteiger partial charge in [0.1, 0.15) is 5.82 Å². The van der Waals surface area contributed by atoms with E-state index in [1.165, 1.54) is 0 Å². The van der Waals surface area contributed by atoms with Gasteiger partial charge in [0.15, 0.2) is 0 Å². The van der Waals surface area contributed by atoms with E-state index < -0.39 is 0 Å². The third-order valence-electron chi connectivity index (χ3n) is 5.21. The van der Waals surface area contributed by atoms with Crippen LogP contribution in [-0.4, -0.2) is 37.1 Å². The number of aryl methyl sites for hydroxylation is 2. The van der Waals surface area contributed by atoms with Crippen molar-refractivity contribution in [2.75, 3.05) is 6.54 Å². The number of aromatic nitrogens is 4. The lowest BCUT2D eigenvalue weighted by Crippen LogP contribution is -2.32. The highest BCUT2D eigenvalue weighted by Crippen LogP contribution is 2.17. The van der Waals surface area contributed by atoms with Crippen LogP contribution in [0.4, 0.5) is 0 Å². The Hall–Kier alpha value is -3.45. The molecule has 0 aliphatic carbocycles. The summed E-state index contributed by atoms with van der Waals surface area (Å²) in [7, 11) is 0. The van der Waals surface area contributed by atoms with Gasteiger partial charge in [-0.15, -0.1) is 0 Å². The van der Waals surface area contributed by atoms with Gasteiger partial charge in [0.05, 0.1) is 28.8 Å². The quantitative estimate of drug-likeness (QED) is 0.472. The molecule has 0 radical (unpaired) electrons. The molecule has 4 aromatic rings. The van der Waals surface area contributed by atoms with Gasteiger partial charge in [-0.2, -0.15) is 5.10 Å². The summed E-state index contributed by atoms with van der Waals surface area (Å²) < 4.78 is 1.85. The van der Waals surface area contributed by atoms with E-state index in [0.717, 1.165) is 23.5 Å². The molecule has 0 unspecified atom stereocenters. The lowest BCUT2D eigenvalue weighted by atomic mass is 10.1. The molecule has 32 heavy (non-hydrogen) atoms. The molecule has 0 atom stereocenters. The molecule has 0 fully saturated rings. The first-order chi connectivity index (χ1) is 15.4. The summed E-state index contributed by atoms with van der Waals surface area (Å²) in [6.07, 6.45) is 0.777. The van der Waals surface area contributed by atoms with Gasteiger partial charge < -0.3 is 9.88 Å². The van der Waals surface area contributed by atoms with Gasteiger partial charge in [0, 0.05) is 22.8 Å². The number of carbonyl (C=O) groups is 1. The van der Waals surface area contributed by atoms with Gasteiger partial charge in [-0.25, -0.2) is 9.67 Å². The first-order valence-electron chi connectivity index (χ1n) is 10.5. The van der Waals surface area contributed by atoms with Crippen LogP contribution < -0.4 is 5.56 Å². The molecule has 164 valence electrons. The molecule has 0 spiro atoms. The van der Waals surface area contributed by atoms with Crippen molar-refractivity contribution in [2.45, 2.75) is 33.7 Å². The van der Waals surface area contributed by atoms with Crippen molar-refractivity contribution in [1.82, 2.24) is 24.6 Å². The lowest BCUT2D eigenvalue weighted by molar-refractivity contribution is 0.0739. The highest BCUT2D eigenvalue weighted by molar-refractivity contribution is 6.31. The highest BCUT2D eigenvalue weighted by atomic mass is 35.5. The number of H-pyrrole nitrogens is 1. The lowest BCUT2D eigenvalue weighted by Gasteiger charge is -2.22. The molecule has 1 N–H and O–H groups in total. The number of halogens is 1. The molecule has 0 aliphatic rings. The average molecular weight is 450 g/mol. The van der Waals surface area contributed by atoms with Gasteiger partial charge in [-0.3, -0.25) is 9.59 Å². The second-order valence-corrected chi connectivity index (χ2v) is 8.22. The maximum absolute atomic E-state index is 13.2. The molecule has 1 amide bonds. The minimum absolute atomic E-state index is 0.124. The molecule has 8 heteroatoms. The fraction of sp³-hybridized carbons (Fsp3) is 0.250. The Kier molecular flexibility index (Phi) is 6.10. The van der Waals surface area contributed by atoms with Gasteiger partial charge in [0.2, 0.25) is 0 Å². The van der Waals surface area contributed by atoms with Crippen LogP contribution in [-0.2, 0) is 6.54 Å². The largest absolute Gasteiger partial charge is 0.331 e. The van der Waals surface area contributed by atoms with Crippen LogP contribution in [0, 0.1) is 13.8 Å². The zero-order valence-electron chi connectivity index (χ0n) is 18.2. The van der Waals surface area contributed by atoms with Crippen molar-refractivity contribution in [3.8, 4) is 5.69 Å². The predicted molar refractivity (Wildman–Crippen MR) is 125 cm³/mol. The Bertz CT molecular complexity index is 1340. The summed E-state index contributed by atoms with van der Waals surface area (Å²) in [6.45, 7) is 6.68. The molecule has 2 aromatic carbocycles. The van der Waals surface area contributed by atoms with E-state index in [4.69, 9.17) is 11.6 Å². The summed E-state index contributed by atoms with van der Waals surface area (Å²) in [5.41, 5.74) is 3.69. The number of fused-ring (bicyclic) bond motifs is 1. The summed E-state index contributed by atoms with van der Waals surface area (Å²) in [5.74, 6) is 0.298. The highest BCUT2D eigenvalue weighted by Gasteiger charge is 2.18. The third-order valence-corrected chi connectivity index (χ3v) is 5.44. The van der Waals surface area contributed by atoms with E-state index in [2.05, 4.69) is 15.1 Å². The first-order valence-corrected chi connectivity index (χ1v) is 10.8. The van der Waals surface area contributed by atoms with Crippen molar-refractivity contribution in [1.29, 1.82) is 0 Å². The number of nitrogens with one attached hydrogen (secondary N) is 1. The third kappa shape index (κ3) is 4.43. The molecule has 0 aliphatic heterocycles. The monoisotopic (exact) mass is 449 g/mol. The summed E-state index contributed by atoms with van der Waals surface area (Å²) in [6, 6.07) is 14.3. The Morgan fingerprint density at radius 3 is 2.53 bits per heavy atom. The van der Waals surface area contributed by atoms with E-state index in [1.54, 1.807) is 35.2 Å². The molecule has 0 bridgehead atoms. The van der Waals surface area contributed by atoms with Crippen LogP contribution in [0.15, 0.2) is 53.3 Å². The zero-order chi connectivity index (χ0) is 22.8. The van der Waals surface area contributed by atoms with Crippen molar-refractivity contribution in [3.63, 3.8) is 0 Å². The number of hydrogen-bond donors (Lipinski definition) is 1. The predicted octanol–water partition coefficient (Wildman–Crippen LogP) is 4.43. The number of aromatic amines is 1. The number of hydrogen-bond acceptors (Lipinski definition) is 4. The fourth-order valence-electron chi connectivity index (χ4n) is 3.76. The molecule has 0 saturated carbocycles. The molecular formula is C24H24ClN5O2. The molecule has 2 aromatic heterocycles. The van der Waals surface area contributed by atoms with Gasteiger partial charge >= 0.3 is 0 Å². The zero-order valence-corrected chi connectivity index (χ0v) is 19.0. The maximum atomic E-state index is 13.2. The van der Waals surface area contributed by atoms with E-state index in [1.807, 2.05) is 43.7 Å². The summed E-state index contributed by atoms with van der Waals surface area (Å²) in [4.78, 5) is 34.7. The Morgan fingerprint density at radius 1 is 1.12 bits per heavy atom. The number of benzene rings is 2. The number of amides is 1. The van der Waals surface area contributed by atoms with E-state index in [9.17, 15) is 9.59 Å². The topological polar surface area (TPSA) is 83.9 Å². The number of carbonyl (C=O) groups excluding carboxylic acids is 1. The summed E-state index contributed by atoms with van der Waals surface area (Å²) >= 11 is 6.05. The summed E-state index contributed by atoms with van der Waals surface area (Å²) in [5, 5.41) is 5.45. The Labute approximate surface area is 190 Å². The van der Waals surface area contributed by atoms with Crippen molar-refractivity contribution >= 4 is 28.4 Å². The first kappa shape index (κ1) is 21.8. The second-order valence-electron chi connectivity index (χ2n) is 7.79. The van der Waals surface area contributed by atoms with Crippen LogP contribution in [0.5, 0.6) is 0 Å². The average Bonchev–Trinajstić information content (AvgIpc) is 3.10. The van der Waals surface area contributed by atoms with Crippen LogP contribution in [0.2, 0.25) is 5.02 Å².